The van der Waals surface area contributed by atoms with Crippen molar-refractivity contribution >= 4 is 0 Å². The number of nitrogens with two attached hydrogens (primary N) is 1. The topological polar surface area (TPSA) is 38.5 Å². The zero-order valence-corrected chi connectivity index (χ0v) is 11.1. The first-order valence-electron chi connectivity index (χ1n) is 6.58. The molecule has 0 bridgehead atoms. The summed E-state index contributed by atoms with van der Waals surface area (Å²) in [6, 6.07) is 0.540. The van der Waals surface area contributed by atoms with E-state index in [0.29, 0.717) is 6.04 Å². The van der Waals surface area contributed by atoms with Crippen molar-refractivity contribution in [3.63, 3.8) is 0 Å². The minimum absolute atomic E-state index is 0.540. The molecule has 1 aliphatic carbocycles. The molecule has 0 aliphatic heterocycles. The fourth-order valence-electron chi connectivity index (χ4n) is 2.96. The fourth-order valence-corrected chi connectivity index (χ4v) is 2.96. The van der Waals surface area contributed by atoms with Crippen molar-refractivity contribution in [1.29, 1.82) is 0 Å². The summed E-state index contributed by atoms with van der Waals surface area (Å²) in [5, 5.41) is 0. The molecule has 1 aliphatic rings. The molecule has 96 valence electrons. The van der Waals surface area contributed by atoms with E-state index < -0.39 is 0 Å². The largest absolute Gasteiger partial charge is 0.383 e. The van der Waals surface area contributed by atoms with Gasteiger partial charge < -0.3 is 10.5 Å². The van der Waals surface area contributed by atoms with E-state index in [1.54, 1.807) is 7.11 Å². The first kappa shape index (κ1) is 13.9. The van der Waals surface area contributed by atoms with Crippen LogP contribution in [0.25, 0.3) is 0 Å². The normalized spacial score (nSPS) is 28.3. The lowest BCUT2D eigenvalue weighted by molar-refractivity contribution is 0.0955. The molecular formula is C13H28N2O. The summed E-state index contributed by atoms with van der Waals surface area (Å²) in [4.78, 5) is 2.38. The van der Waals surface area contributed by atoms with Gasteiger partial charge in [0.05, 0.1) is 6.61 Å². The van der Waals surface area contributed by atoms with Gasteiger partial charge in [0.15, 0.2) is 0 Å². The lowest BCUT2D eigenvalue weighted by Crippen LogP contribution is -2.46. The molecule has 0 heterocycles. The molecule has 0 saturated heterocycles. The van der Waals surface area contributed by atoms with Gasteiger partial charge in [-0.2, -0.15) is 0 Å². The van der Waals surface area contributed by atoms with Crippen molar-refractivity contribution in [1.82, 2.24) is 4.90 Å². The average molecular weight is 228 g/mol. The molecule has 2 N–H and O–H groups in total. The predicted octanol–water partition coefficient (Wildman–Crippen LogP) is 1.72. The van der Waals surface area contributed by atoms with E-state index in [9.17, 15) is 0 Å². The molecule has 0 aromatic heterocycles. The second-order valence-corrected chi connectivity index (χ2v) is 5.31. The summed E-state index contributed by atoms with van der Waals surface area (Å²) in [7, 11) is 3.93. The first-order valence-corrected chi connectivity index (χ1v) is 6.58. The Bertz CT molecular complexity index is 187. The van der Waals surface area contributed by atoms with Crippen LogP contribution >= 0.6 is 0 Å². The maximum absolute atomic E-state index is 5.94. The predicted molar refractivity (Wildman–Crippen MR) is 68.5 cm³/mol. The van der Waals surface area contributed by atoms with Crippen LogP contribution in [0.5, 0.6) is 0 Å². The van der Waals surface area contributed by atoms with Crippen molar-refractivity contribution < 1.29 is 4.74 Å². The van der Waals surface area contributed by atoms with E-state index in [4.69, 9.17) is 10.5 Å². The summed E-state index contributed by atoms with van der Waals surface area (Å²) in [6.07, 6.45) is 5.47. The van der Waals surface area contributed by atoms with Gasteiger partial charge >= 0.3 is 0 Å². The van der Waals surface area contributed by atoms with Gasteiger partial charge in [-0.25, -0.2) is 0 Å². The van der Waals surface area contributed by atoms with Crippen molar-refractivity contribution in [2.75, 3.05) is 33.9 Å². The lowest BCUT2D eigenvalue weighted by atomic mass is 9.78. The number of methoxy groups -OCH3 is 1. The zero-order chi connectivity index (χ0) is 12.0. The Labute approximate surface area is 100 Å². The van der Waals surface area contributed by atoms with Crippen LogP contribution in [-0.2, 0) is 4.74 Å². The number of hydrogen-bond acceptors (Lipinski definition) is 3. The number of rotatable bonds is 6. The summed E-state index contributed by atoms with van der Waals surface area (Å²) < 4.78 is 5.13. The van der Waals surface area contributed by atoms with Crippen LogP contribution in [0.3, 0.4) is 0 Å². The second kappa shape index (κ2) is 7.25. The quantitative estimate of drug-likeness (QED) is 0.752. The van der Waals surface area contributed by atoms with Gasteiger partial charge in [-0.05, 0) is 31.7 Å². The Kier molecular flexibility index (Phi) is 6.32. The van der Waals surface area contributed by atoms with E-state index in [1.165, 1.54) is 25.7 Å². The highest BCUT2D eigenvalue weighted by Gasteiger charge is 2.28. The maximum Gasteiger partial charge on any atom is 0.0589 e. The monoisotopic (exact) mass is 228 g/mol. The third kappa shape index (κ3) is 4.04. The third-order valence-electron chi connectivity index (χ3n) is 3.98. The van der Waals surface area contributed by atoms with E-state index >= 15 is 0 Å². The smallest absolute Gasteiger partial charge is 0.0589 e. The Morgan fingerprint density at radius 3 is 2.75 bits per heavy atom. The molecule has 0 aromatic rings. The minimum atomic E-state index is 0.540. The molecule has 16 heavy (non-hydrogen) atoms. The summed E-state index contributed by atoms with van der Waals surface area (Å²) in [5.41, 5.74) is 5.94. The zero-order valence-electron chi connectivity index (χ0n) is 11.1. The SMILES string of the molecule is COCCN(C)C(CN)C1CCCC(C)C1. The lowest BCUT2D eigenvalue weighted by Gasteiger charge is -2.37. The van der Waals surface area contributed by atoms with Crippen LogP contribution in [0.1, 0.15) is 32.6 Å². The molecule has 1 fully saturated rings. The molecular weight excluding hydrogens is 200 g/mol. The Hall–Kier alpha value is -0.120. The Morgan fingerprint density at radius 1 is 1.44 bits per heavy atom. The highest BCUT2D eigenvalue weighted by molar-refractivity contribution is 4.83. The van der Waals surface area contributed by atoms with Gasteiger partial charge in [0.1, 0.15) is 0 Å². The highest BCUT2D eigenvalue weighted by Crippen LogP contribution is 2.32. The van der Waals surface area contributed by atoms with Gasteiger partial charge in [-0.15, -0.1) is 0 Å². The van der Waals surface area contributed by atoms with E-state index in [2.05, 4.69) is 18.9 Å². The fraction of sp³-hybridized carbons (Fsp3) is 1.00. The van der Waals surface area contributed by atoms with E-state index in [0.717, 1.165) is 31.5 Å². The first-order chi connectivity index (χ1) is 7.69. The summed E-state index contributed by atoms with van der Waals surface area (Å²) >= 11 is 0. The molecule has 1 saturated carbocycles. The molecule has 0 radical (unpaired) electrons. The standard InChI is InChI=1S/C13H28N2O/c1-11-5-4-6-12(9-11)13(10-14)15(2)7-8-16-3/h11-13H,4-10,14H2,1-3H3. The third-order valence-corrected chi connectivity index (χ3v) is 3.98. The molecule has 3 atom stereocenters. The molecule has 1 rings (SSSR count). The molecule has 3 unspecified atom stereocenters. The van der Waals surface area contributed by atoms with E-state index in [-0.39, 0.29) is 0 Å². The summed E-state index contributed by atoms with van der Waals surface area (Å²) in [6.45, 7) is 4.94. The Morgan fingerprint density at radius 2 is 2.19 bits per heavy atom. The van der Waals surface area contributed by atoms with Crippen molar-refractivity contribution in [3.05, 3.63) is 0 Å². The molecule has 3 heteroatoms. The number of nitrogens with zero attached hydrogens (tertiary/aromatic N) is 1. The van der Waals surface area contributed by atoms with Gasteiger partial charge in [0.25, 0.3) is 0 Å². The van der Waals surface area contributed by atoms with Crippen LogP contribution in [-0.4, -0.2) is 44.8 Å². The van der Waals surface area contributed by atoms with Gasteiger partial charge in [-0.1, -0.05) is 19.8 Å². The highest BCUT2D eigenvalue weighted by atomic mass is 16.5. The minimum Gasteiger partial charge on any atom is -0.383 e. The van der Waals surface area contributed by atoms with Gasteiger partial charge in [0.2, 0.25) is 0 Å². The van der Waals surface area contributed by atoms with Crippen LogP contribution in [0.2, 0.25) is 0 Å². The van der Waals surface area contributed by atoms with Crippen LogP contribution in [0.15, 0.2) is 0 Å². The van der Waals surface area contributed by atoms with Crippen molar-refractivity contribution in [3.8, 4) is 0 Å². The Balaban J connectivity index is 2.44. The molecule has 0 spiro atoms. The second-order valence-electron chi connectivity index (χ2n) is 5.31. The number of ether oxygens (including phenoxy) is 1. The van der Waals surface area contributed by atoms with Crippen LogP contribution in [0, 0.1) is 11.8 Å². The van der Waals surface area contributed by atoms with E-state index in [1.807, 2.05) is 0 Å². The van der Waals surface area contributed by atoms with Gasteiger partial charge in [-0.3, -0.25) is 4.90 Å². The molecule has 0 amide bonds. The molecule has 0 aromatic carbocycles. The van der Waals surface area contributed by atoms with Crippen LogP contribution < -0.4 is 5.73 Å². The average Bonchev–Trinajstić information content (AvgIpc) is 2.27. The number of likely N-dealkylation sites (N-methyl/N-ethyl adjacent to an activating group) is 1. The number of hydrogen-bond donors (Lipinski definition) is 1. The van der Waals surface area contributed by atoms with Crippen molar-refractivity contribution in [2.24, 2.45) is 17.6 Å². The summed E-state index contributed by atoms with van der Waals surface area (Å²) in [5.74, 6) is 1.67. The molecule has 3 nitrogen and oxygen atoms in total. The van der Waals surface area contributed by atoms with Gasteiger partial charge in [0, 0.05) is 26.2 Å². The van der Waals surface area contributed by atoms with Crippen LogP contribution in [0.4, 0.5) is 0 Å². The van der Waals surface area contributed by atoms with Crippen molar-refractivity contribution in [2.45, 2.75) is 38.6 Å². The maximum atomic E-state index is 5.94.